The van der Waals surface area contributed by atoms with E-state index in [-0.39, 0.29) is 0 Å². The van der Waals surface area contributed by atoms with Crippen molar-refractivity contribution in [3.63, 3.8) is 0 Å². The maximum absolute atomic E-state index is 4.53. The lowest BCUT2D eigenvalue weighted by atomic mass is 10.1. The van der Waals surface area contributed by atoms with E-state index in [1.165, 1.54) is 10.9 Å². The number of aromatic nitrogens is 1. The van der Waals surface area contributed by atoms with Gasteiger partial charge in [-0.1, -0.05) is 20.8 Å². The second-order valence-corrected chi connectivity index (χ2v) is 3.76. The first-order chi connectivity index (χ1) is 8.24. The Morgan fingerprint density at radius 1 is 1.18 bits per heavy atom. The van der Waals surface area contributed by atoms with E-state index in [4.69, 9.17) is 0 Å². The number of anilines is 1. The Kier molecular flexibility index (Phi) is 4.95. The lowest BCUT2D eigenvalue weighted by Gasteiger charge is -2.07. The van der Waals surface area contributed by atoms with Crippen LogP contribution in [0.1, 0.15) is 32.0 Å². The van der Waals surface area contributed by atoms with Crippen molar-refractivity contribution in [3.05, 3.63) is 35.5 Å². The van der Waals surface area contributed by atoms with Crippen LogP contribution in [0, 0.1) is 6.92 Å². The molecule has 0 radical (unpaired) electrons. The predicted molar refractivity (Wildman–Crippen MR) is 76.8 cm³/mol. The molecule has 0 unspecified atom stereocenters. The third-order valence-electron chi connectivity index (χ3n) is 2.69. The molecule has 0 aliphatic carbocycles. The lowest BCUT2D eigenvalue weighted by Crippen LogP contribution is -1.93. The summed E-state index contributed by atoms with van der Waals surface area (Å²) >= 11 is 0. The first kappa shape index (κ1) is 13.5. The molecule has 0 aliphatic heterocycles. The summed E-state index contributed by atoms with van der Waals surface area (Å²) in [7, 11) is 1.94. The third kappa shape index (κ3) is 2.96. The average molecular weight is 230 g/mol. The van der Waals surface area contributed by atoms with Crippen molar-refractivity contribution in [2.75, 3.05) is 12.4 Å². The lowest BCUT2D eigenvalue weighted by molar-refractivity contribution is 1.12. The number of fused-ring (bicyclic) bond motifs is 1. The molecule has 1 heterocycles. The summed E-state index contributed by atoms with van der Waals surface area (Å²) in [6, 6.07) is 8.48. The highest BCUT2D eigenvalue weighted by molar-refractivity contribution is 5.85. The molecule has 1 aromatic carbocycles. The van der Waals surface area contributed by atoms with Crippen molar-refractivity contribution in [2.45, 2.75) is 34.1 Å². The van der Waals surface area contributed by atoms with Gasteiger partial charge in [-0.05, 0) is 43.2 Å². The van der Waals surface area contributed by atoms with Crippen LogP contribution in [0.5, 0.6) is 0 Å². The third-order valence-corrected chi connectivity index (χ3v) is 2.69. The summed E-state index contributed by atoms with van der Waals surface area (Å²) in [5.41, 5.74) is 4.69. The zero-order valence-corrected chi connectivity index (χ0v) is 11.5. The molecule has 1 aromatic heterocycles. The number of benzene rings is 1. The van der Waals surface area contributed by atoms with Gasteiger partial charge in [-0.25, -0.2) is 0 Å². The molecule has 0 amide bonds. The van der Waals surface area contributed by atoms with Gasteiger partial charge in [0, 0.05) is 23.8 Å². The van der Waals surface area contributed by atoms with Gasteiger partial charge < -0.3 is 5.32 Å². The Bertz CT molecular complexity index is 489. The minimum Gasteiger partial charge on any atom is -0.388 e. The zero-order chi connectivity index (χ0) is 12.8. The Hall–Kier alpha value is -1.57. The summed E-state index contributed by atoms with van der Waals surface area (Å²) in [6.07, 6.45) is 1.05. The normalized spacial score (nSPS) is 9.71. The van der Waals surface area contributed by atoms with Gasteiger partial charge in [0.2, 0.25) is 0 Å². The molecule has 92 valence electrons. The van der Waals surface area contributed by atoms with E-state index in [0.29, 0.717) is 0 Å². The summed E-state index contributed by atoms with van der Waals surface area (Å²) < 4.78 is 0. The Balaban J connectivity index is 0.000000686. The van der Waals surface area contributed by atoms with E-state index in [0.717, 1.165) is 23.3 Å². The van der Waals surface area contributed by atoms with Gasteiger partial charge >= 0.3 is 0 Å². The van der Waals surface area contributed by atoms with E-state index in [1.54, 1.807) is 0 Å². The molecule has 0 fully saturated rings. The molecular weight excluding hydrogens is 208 g/mol. The van der Waals surface area contributed by atoms with Crippen LogP contribution >= 0.6 is 0 Å². The van der Waals surface area contributed by atoms with Crippen LogP contribution in [0.3, 0.4) is 0 Å². The van der Waals surface area contributed by atoms with Crippen LogP contribution < -0.4 is 5.32 Å². The number of nitrogens with one attached hydrogen (secondary N) is 1. The highest BCUT2D eigenvalue weighted by Gasteiger charge is 2.02. The zero-order valence-electron chi connectivity index (χ0n) is 11.5. The standard InChI is InChI=1S/C13H16N2.C2H6/c1-4-10-7-9(2)15-13-6-5-11(14-3)8-12(10)13;1-2/h5-8,14H,4H2,1-3H3;1-2H3. The van der Waals surface area contributed by atoms with Crippen molar-refractivity contribution in [2.24, 2.45) is 0 Å². The van der Waals surface area contributed by atoms with E-state index in [2.05, 4.69) is 41.5 Å². The first-order valence-electron chi connectivity index (χ1n) is 6.32. The fourth-order valence-corrected chi connectivity index (χ4v) is 1.89. The smallest absolute Gasteiger partial charge is 0.0709 e. The molecule has 0 bridgehead atoms. The van der Waals surface area contributed by atoms with E-state index < -0.39 is 0 Å². The largest absolute Gasteiger partial charge is 0.388 e. The number of pyridine rings is 1. The monoisotopic (exact) mass is 230 g/mol. The van der Waals surface area contributed by atoms with Gasteiger partial charge in [0.05, 0.1) is 5.52 Å². The van der Waals surface area contributed by atoms with Gasteiger partial charge in [-0.2, -0.15) is 0 Å². The van der Waals surface area contributed by atoms with Crippen molar-refractivity contribution in [1.82, 2.24) is 4.98 Å². The minimum absolute atomic E-state index is 1.05. The first-order valence-corrected chi connectivity index (χ1v) is 6.32. The molecular formula is C15H22N2. The fourth-order valence-electron chi connectivity index (χ4n) is 1.89. The summed E-state index contributed by atoms with van der Waals surface area (Å²) in [6.45, 7) is 8.23. The molecule has 2 rings (SSSR count). The van der Waals surface area contributed by atoms with Gasteiger partial charge in [-0.15, -0.1) is 0 Å². The minimum atomic E-state index is 1.05. The van der Waals surface area contributed by atoms with Crippen LogP contribution in [0.25, 0.3) is 10.9 Å². The van der Waals surface area contributed by atoms with Crippen molar-refractivity contribution < 1.29 is 0 Å². The predicted octanol–water partition coefficient (Wildman–Crippen LogP) is 4.17. The van der Waals surface area contributed by atoms with Gasteiger partial charge in [-0.3, -0.25) is 4.98 Å². The van der Waals surface area contributed by atoms with E-state index in [1.807, 2.05) is 27.8 Å². The topological polar surface area (TPSA) is 24.9 Å². The molecule has 2 nitrogen and oxygen atoms in total. The average Bonchev–Trinajstić information content (AvgIpc) is 2.39. The fraction of sp³-hybridized carbons (Fsp3) is 0.400. The molecule has 0 saturated carbocycles. The molecule has 0 atom stereocenters. The highest BCUT2D eigenvalue weighted by atomic mass is 14.8. The Morgan fingerprint density at radius 2 is 1.88 bits per heavy atom. The maximum Gasteiger partial charge on any atom is 0.0709 e. The number of aryl methyl sites for hydroxylation is 2. The Labute approximate surface area is 104 Å². The SMILES string of the molecule is CC.CCc1cc(C)nc2ccc(NC)cc12. The van der Waals surface area contributed by atoms with Crippen LogP contribution in [0.2, 0.25) is 0 Å². The molecule has 0 saturated heterocycles. The number of hydrogen-bond acceptors (Lipinski definition) is 2. The van der Waals surface area contributed by atoms with Crippen LogP contribution in [-0.2, 0) is 6.42 Å². The van der Waals surface area contributed by atoms with Gasteiger partial charge in [0.15, 0.2) is 0 Å². The molecule has 1 N–H and O–H groups in total. The van der Waals surface area contributed by atoms with E-state index in [9.17, 15) is 0 Å². The van der Waals surface area contributed by atoms with Crippen LogP contribution in [-0.4, -0.2) is 12.0 Å². The van der Waals surface area contributed by atoms with Crippen LogP contribution in [0.4, 0.5) is 5.69 Å². The summed E-state index contributed by atoms with van der Waals surface area (Å²) in [5.74, 6) is 0. The maximum atomic E-state index is 4.53. The van der Waals surface area contributed by atoms with Gasteiger partial charge in [0.25, 0.3) is 0 Å². The number of rotatable bonds is 2. The van der Waals surface area contributed by atoms with Crippen molar-refractivity contribution in [1.29, 1.82) is 0 Å². The molecule has 2 heteroatoms. The molecule has 0 spiro atoms. The number of nitrogens with zero attached hydrogens (tertiary/aromatic N) is 1. The second-order valence-electron chi connectivity index (χ2n) is 3.76. The van der Waals surface area contributed by atoms with Crippen molar-refractivity contribution >= 4 is 16.6 Å². The molecule has 2 aromatic rings. The van der Waals surface area contributed by atoms with Crippen molar-refractivity contribution in [3.8, 4) is 0 Å². The quantitative estimate of drug-likeness (QED) is 0.837. The second kappa shape index (κ2) is 6.24. The molecule has 0 aliphatic rings. The summed E-state index contributed by atoms with van der Waals surface area (Å²) in [4.78, 5) is 4.53. The van der Waals surface area contributed by atoms with E-state index >= 15 is 0 Å². The Morgan fingerprint density at radius 3 is 2.47 bits per heavy atom. The van der Waals surface area contributed by atoms with Gasteiger partial charge in [0.1, 0.15) is 0 Å². The summed E-state index contributed by atoms with van der Waals surface area (Å²) in [5, 5.41) is 4.42. The van der Waals surface area contributed by atoms with Crippen LogP contribution in [0.15, 0.2) is 24.3 Å². The molecule has 17 heavy (non-hydrogen) atoms. The highest BCUT2D eigenvalue weighted by Crippen LogP contribution is 2.22. The number of hydrogen-bond donors (Lipinski definition) is 1.